The third-order valence-electron chi connectivity index (χ3n) is 3.89. The standard InChI is InChI=1S/C13H23N3O2/c1-4-13(2,17-3)12-15-11(16-18-12)10-8-6-5-7-9-14-10/h10,14H,4-9H2,1-3H3. The third-order valence-corrected chi connectivity index (χ3v) is 3.89. The summed E-state index contributed by atoms with van der Waals surface area (Å²) in [4.78, 5) is 4.52. The number of nitrogens with zero attached hydrogens (tertiary/aromatic N) is 2. The predicted molar refractivity (Wildman–Crippen MR) is 68.2 cm³/mol. The van der Waals surface area contributed by atoms with Crippen molar-refractivity contribution in [1.82, 2.24) is 15.5 Å². The van der Waals surface area contributed by atoms with Gasteiger partial charge >= 0.3 is 0 Å². The van der Waals surface area contributed by atoms with Crippen molar-refractivity contribution in [3.05, 3.63) is 11.7 Å². The van der Waals surface area contributed by atoms with E-state index in [-0.39, 0.29) is 6.04 Å². The summed E-state index contributed by atoms with van der Waals surface area (Å²) in [7, 11) is 1.68. The van der Waals surface area contributed by atoms with E-state index < -0.39 is 5.60 Å². The SMILES string of the molecule is CCC(C)(OC)c1nc(C2CCCCCN2)no1. The Morgan fingerprint density at radius 3 is 3.00 bits per heavy atom. The Kier molecular flexibility index (Phi) is 4.35. The number of hydrogen-bond acceptors (Lipinski definition) is 5. The van der Waals surface area contributed by atoms with Crippen LogP contribution in [0.1, 0.15) is 63.7 Å². The van der Waals surface area contributed by atoms with Crippen molar-refractivity contribution in [3.63, 3.8) is 0 Å². The summed E-state index contributed by atoms with van der Waals surface area (Å²) in [5.74, 6) is 1.34. The molecule has 0 aliphatic carbocycles. The number of ether oxygens (including phenoxy) is 1. The number of rotatable bonds is 4. The van der Waals surface area contributed by atoms with Crippen LogP contribution in [0.2, 0.25) is 0 Å². The highest BCUT2D eigenvalue weighted by Gasteiger charge is 2.32. The van der Waals surface area contributed by atoms with Crippen LogP contribution < -0.4 is 5.32 Å². The van der Waals surface area contributed by atoms with E-state index in [4.69, 9.17) is 9.26 Å². The quantitative estimate of drug-likeness (QED) is 0.893. The molecule has 1 aliphatic heterocycles. The minimum absolute atomic E-state index is 0.225. The molecule has 5 nitrogen and oxygen atoms in total. The van der Waals surface area contributed by atoms with Crippen LogP contribution in [0, 0.1) is 0 Å². The molecule has 18 heavy (non-hydrogen) atoms. The molecule has 1 saturated heterocycles. The van der Waals surface area contributed by atoms with E-state index in [1.165, 1.54) is 19.3 Å². The average Bonchev–Trinajstić information content (AvgIpc) is 2.75. The fourth-order valence-electron chi connectivity index (χ4n) is 2.22. The topological polar surface area (TPSA) is 60.2 Å². The molecular weight excluding hydrogens is 230 g/mol. The molecule has 0 aromatic carbocycles. The highest BCUT2D eigenvalue weighted by molar-refractivity contribution is 5.01. The zero-order chi connectivity index (χ0) is 13.0. The van der Waals surface area contributed by atoms with Crippen LogP contribution in [0.25, 0.3) is 0 Å². The summed E-state index contributed by atoms with van der Waals surface area (Å²) in [5, 5.41) is 7.59. The Balaban J connectivity index is 2.13. The van der Waals surface area contributed by atoms with Crippen LogP contribution in [0.15, 0.2) is 4.52 Å². The second-order valence-electron chi connectivity index (χ2n) is 5.10. The van der Waals surface area contributed by atoms with Gasteiger partial charge in [-0.25, -0.2) is 0 Å². The fourth-order valence-corrected chi connectivity index (χ4v) is 2.22. The number of aromatic nitrogens is 2. The largest absolute Gasteiger partial charge is 0.369 e. The molecule has 0 radical (unpaired) electrons. The molecule has 5 heteroatoms. The van der Waals surface area contributed by atoms with Crippen molar-refractivity contribution >= 4 is 0 Å². The molecule has 1 aromatic rings. The van der Waals surface area contributed by atoms with Crippen molar-refractivity contribution in [2.45, 2.75) is 57.6 Å². The molecule has 2 heterocycles. The Morgan fingerprint density at radius 1 is 1.44 bits per heavy atom. The zero-order valence-electron chi connectivity index (χ0n) is 11.5. The molecule has 0 bridgehead atoms. The maximum Gasteiger partial charge on any atom is 0.258 e. The number of hydrogen-bond donors (Lipinski definition) is 1. The molecular formula is C13H23N3O2. The maximum absolute atomic E-state index is 5.48. The van der Waals surface area contributed by atoms with Crippen LogP contribution in [-0.2, 0) is 10.3 Å². The van der Waals surface area contributed by atoms with Gasteiger partial charge in [0.05, 0.1) is 6.04 Å². The van der Waals surface area contributed by atoms with Crippen molar-refractivity contribution in [1.29, 1.82) is 0 Å². The second kappa shape index (κ2) is 5.80. The molecule has 1 aliphatic rings. The van der Waals surface area contributed by atoms with Gasteiger partial charge in [-0.3, -0.25) is 0 Å². The second-order valence-corrected chi connectivity index (χ2v) is 5.10. The van der Waals surface area contributed by atoms with E-state index in [9.17, 15) is 0 Å². The Morgan fingerprint density at radius 2 is 2.28 bits per heavy atom. The summed E-state index contributed by atoms with van der Waals surface area (Å²) in [6.45, 7) is 5.06. The van der Waals surface area contributed by atoms with Crippen LogP contribution in [0.3, 0.4) is 0 Å². The van der Waals surface area contributed by atoms with Gasteiger partial charge in [0.15, 0.2) is 5.82 Å². The molecule has 1 N–H and O–H groups in total. The smallest absolute Gasteiger partial charge is 0.258 e. The van der Waals surface area contributed by atoms with Crippen LogP contribution in [-0.4, -0.2) is 23.8 Å². The highest BCUT2D eigenvalue weighted by Crippen LogP contribution is 2.28. The molecule has 2 atom stereocenters. The van der Waals surface area contributed by atoms with Crippen molar-refractivity contribution in [2.24, 2.45) is 0 Å². The first-order valence-corrected chi connectivity index (χ1v) is 6.82. The van der Waals surface area contributed by atoms with Gasteiger partial charge in [-0.1, -0.05) is 24.9 Å². The van der Waals surface area contributed by atoms with Gasteiger partial charge in [0.1, 0.15) is 5.60 Å². The van der Waals surface area contributed by atoms with Crippen molar-refractivity contribution < 1.29 is 9.26 Å². The first-order chi connectivity index (χ1) is 8.69. The van der Waals surface area contributed by atoms with Crippen molar-refractivity contribution in [3.8, 4) is 0 Å². The van der Waals surface area contributed by atoms with E-state index in [0.717, 1.165) is 25.2 Å². The van der Waals surface area contributed by atoms with Crippen LogP contribution >= 0.6 is 0 Å². The normalized spacial score (nSPS) is 24.5. The van der Waals surface area contributed by atoms with Gasteiger partial charge in [0.25, 0.3) is 5.89 Å². The van der Waals surface area contributed by atoms with E-state index in [1.807, 2.05) is 6.92 Å². The molecule has 2 unspecified atom stereocenters. The Hall–Kier alpha value is -0.940. The van der Waals surface area contributed by atoms with Crippen LogP contribution in [0.4, 0.5) is 0 Å². The Bertz CT molecular complexity index is 366. The van der Waals surface area contributed by atoms with Gasteiger partial charge in [0, 0.05) is 7.11 Å². The monoisotopic (exact) mass is 253 g/mol. The lowest BCUT2D eigenvalue weighted by Gasteiger charge is -2.21. The summed E-state index contributed by atoms with van der Waals surface area (Å²) < 4.78 is 10.9. The highest BCUT2D eigenvalue weighted by atomic mass is 16.5. The molecule has 0 saturated carbocycles. The summed E-state index contributed by atoms with van der Waals surface area (Å²) in [6.07, 6.45) is 5.61. The lowest BCUT2D eigenvalue weighted by atomic mass is 10.0. The zero-order valence-corrected chi connectivity index (χ0v) is 11.5. The van der Waals surface area contributed by atoms with E-state index in [2.05, 4.69) is 22.4 Å². The minimum atomic E-state index is -0.476. The predicted octanol–water partition coefficient (Wildman–Crippen LogP) is 2.55. The average molecular weight is 253 g/mol. The minimum Gasteiger partial charge on any atom is -0.369 e. The maximum atomic E-state index is 5.48. The van der Waals surface area contributed by atoms with Gasteiger partial charge < -0.3 is 14.6 Å². The number of methoxy groups -OCH3 is 1. The van der Waals surface area contributed by atoms with Gasteiger partial charge in [-0.2, -0.15) is 4.98 Å². The van der Waals surface area contributed by atoms with Gasteiger partial charge in [0.2, 0.25) is 0 Å². The summed E-state index contributed by atoms with van der Waals surface area (Å²) >= 11 is 0. The summed E-state index contributed by atoms with van der Waals surface area (Å²) in [6, 6.07) is 0.225. The van der Waals surface area contributed by atoms with Gasteiger partial charge in [-0.05, 0) is 32.7 Å². The first-order valence-electron chi connectivity index (χ1n) is 6.82. The lowest BCUT2D eigenvalue weighted by molar-refractivity contribution is -0.0272. The first kappa shape index (κ1) is 13.5. The Labute approximate surface area is 108 Å². The molecule has 1 aromatic heterocycles. The lowest BCUT2D eigenvalue weighted by Crippen LogP contribution is -2.25. The van der Waals surface area contributed by atoms with E-state index in [1.54, 1.807) is 7.11 Å². The molecule has 0 spiro atoms. The van der Waals surface area contributed by atoms with Crippen LogP contribution in [0.5, 0.6) is 0 Å². The van der Waals surface area contributed by atoms with Gasteiger partial charge in [-0.15, -0.1) is 0 Å². The summed E-state index contributed by atoms with van der Waals surface area (Å²) in [5.41, 5.74) is -0.476. The van der Waals surface area contributed by atoms with E-state index >= 15 is 0 Å². The third kappa shape index (κ3) is 2.72. The molecule has 1 fully saturated rings. The number of nitrogens with one attached hydrogen (secondary N) is 1. The molecule has 2 rings (SSSR count). The molecule has 102 valence electrons. The van der Waals surface area contributed by atoms with Crippen molar-refractivity contribution in [2.75, 3.05) is 13.7 Å². The fraction of sp³-hybridized carbons (Fsp3) is 0.846. The van der Waals surface area contributed by atoms with E-state index in [0.29, 0.717) is 5.89 Å². The molecule has 0 amide bonds.